The number of rotatable bonds is 3. The van der Waals surface area contributed by atoms with Gasteiger partial charge in [-0.3, -0.25) is 4.57 Å². The van der Waals surface area contributed by atoms with Crippen molar-refractivity contribution in [2.75, 3.05) is 14.2 Å². The van der Waals surface area contributed by atoms with Gasteiger partial charge >= 0.3 is 0 Å². The van der Waals surface area contributed by atoms with Crippen LogP contribution in [-0.2, 0) is 0 Å². The van der Waals surface area contributed by atoms with Crippen LogP contribution < -0.4 is 9.47 Å². The first-order valence-corrected chi connectivity index (χ1v) is 7.47. The highest BCUT2D eigenvalue weighted by molar-refractivity contribution is 9.10. The molecule has 21 heavy (non-hydrogen) atoms. The smallest absolute Gasteiger partial charge is 0.182 e. The largest absolute Gasteiger partial charge is 0.497 e. The number of aromatic amines is 1. The van der Waals surface area contributed by atoms with Gasteiger partial charge in [0.15, 0.2) is 4.77 Å². The number of fused-ring (bicyclic) bond motifs is 1. The van der Waals surface area contributed by atoms with Gasteiger partial charge in [-0.1, -0.05) is 6.07 Å². The lowest BCUT2D eigenvalue weighted by atomic mass is 10.2. The third-order valence-electron chi connectivity index (χ3n) is 3.29. The molecule has 0 atom stereocenters. The lowest BCUT2D eigenvalue weighted by Crippen LogP contribution is -1.96. The van der Waals surface area contributed by atoms with Gasteiger partial charge in [-0.25, -0.2) is 0 Å². The predicted octanol–water partition coefficient (Wildman–Crippen LogP) is 4.47. The van der Waals surface area contributed by atoms with E-state index in [4.69, 9.17) is 21.7 Å². The molecule has 0 spiro atoms. The van der Waals surface area contributed by atoms with Gasteiger partial charge in [-0.2, -0.15) is 0 Å². The first-order valence-electron chi connectivity index (χ1n) is 6.27. The van der Waals surface area contributed by atoms with Crippen LogP contribution in [0.2, 0.25) is 0 Å². The van der Waals surface area contributed by atoms with E-state index < -0.39 is 0 Å². The van der Waals surface area contributed by atoms with Crippen LogP contribution in [0.3, 0.4) is 0 Å². The van der Waals surface area contributed by atoms with Crippen LogP contribution in [0.15, 0.2) is 40.9 Å². The second-order valence-corrected chi connectivity index (χ2v) is 5.68. The third kappa shape index (κ3) is 2.34. The molecule has 1 heterocycles. The number of imidazole rings is 1. The summed E-state index contributed by atoms with van der Waals surface area (Å²) in [6, 6.07) is 11.6. The number of benzene rings is 2. The van der Waals surface area contributed by atoms with Crippen LogP contribution in [0.4, 0.5) is 0 Å². The number of aromatic nitrogens is 2. The van der Waals surface area contributed by atoms with Gasteiger partial charge in [0.05, 0.1) is 25.4 Å². The lowest BCUT2D eigenvalue weighted by molar-refractivity contribution is 0.414. The first-order chi connectivity index (χ1) is 10.2. The molecule has 4 nitrogen and oxygen atoms in total. The molecule has 0 aliphatic rings. The quantitative estimate of drug-likeness (QED) is 0.697. The maximum absolute atomic E-state index is 5.47. The first kappa shape index (κ1) is 14.2. The zero-order valence-electron chi connectivity index (χ0n) is 11.5. The summed E-state index contributed by atoms with van der Waals surface area (Å²) in [7, 11) is 3.29. The summed E-state index contributed by atoms with van der Waals surface area (Å²) < 4.78 is 14.2. The van der Waals surface area contributed by atoms with Gasteiger partial charge in [-0.15, -0.1) is 0 Å². The fraction of sp³-hybridized carbons (Fsp3) is 0.133. The number of nitrogens with one attached hydrogen (secondary N) is 1. The van der Waals surface area contributed by atoms with E-state index in [9.17, 15) is 0 Å². The van der Waals surface area contributed by atoms with Crippen molar-refractivity contribution in [2.45, 2.75) is 0 Å². The highest BCUT2D eigenvalue weighted by atomic mass is 79.9. The molecule has 3 rings (SSSR count). The number of ether oxygens (including phenoxy) is 2. The van der Waals surface area contributed by atoms with Crippen LogP contribution in [0, 0.1) is 4.77 Å². The Bertz CT molecular complexity index is 870. The van der Waals surface area contributed by atoms with Gasteiger partial charge in [0, 0.05) is 10.5 Å². The molecule has 0 fully saturated rings. The topological polar surface area (TPSA) is 39.2 Å². The van der Waals surface area contributed by atoms with Crippen LogP contribution >= 0.6 is 28.1 Å². The molecule has 0 amide bonds. The van der Waals surface area contributed by atoms with Gasteiger partial charge in [0.1, 0.15) is 17.0 Å². The molecule has 0 saturated heterocycles. The second kappa shape index (κ2) is 5.54. The van der Waals surface area contributed by atoms with E-state index in [0.29, 0.717) is 4.77 Å². The minimum atomic E-state index is 0.600. The van der Waals surface area contributed by atoms with Gasteiger partial charge < -0.3 is 14.5 Å². The van der Waals surface area contributed by atoms with E-state index in [1.807, 2.05) is 41.0 Å². The van der Waals surface area contributed by atoms with Gasteiger partial charge in [0.25, 0.3) is 0 Å². The molecule has 2 aromatic carbocycles. The number of H-pyrrole nitrogens is 1. The molecule has 0 saturated carbocycles. The summed E-state index contributed by atoms with van der Waals surface area (Å²) >= 11 is 9.04. The van der Waals surface area contributed by atoms with Crippen LogP contribution in [0.1, 0.15) is 0 Å². The number of hydrogen-bond donors (Lipinski definition) is 1. The van der Waals surface area contributed by atoms with Crippen LogP contribution in [0.5, 0.6) is 11.5 Å². The lowest BCUT2D eigenvalue weighted by Gasteiger charge is -2.10. The van der Waals surface area contributed by atoms with E-state index in [2.05, 4.69) is 20.9 Å². The van der Waals surface area contributed by atoms with Crippen molar-refractivity contribution in [3.05, 3.63) is 45.6 Å². The fourth-order valence-corrected chi connectivity index (χ4v) is 3.03. The Morgan fingerprint density at radius 2 is 1.95 bits per heavy atom. The van der Waals surface area contributed by atoms with E-state index in [-0.39, 0.29) is 0 Å². The van der Waals surface area contributed by atoms with Crippen molar-refractivity contribution in [2.24, 2.45) is 0 Å². The zero-order chi connectivity index (χ0) is 15.0. The van der Waals surface area contributed by atoms with Gasteiger partial charge in [-0.05, 0) is 52.4 Å². The molecule has 0 radical (unpaired) electrons. The molecule has 6 heteroatoms. The van der Waals surface area contributed by atoms with Crippen molar-refractivity contribution in [3.63, 3.8) is 0 Å². The van der Waals surface area contributed by atoms with Crippen molar-refractivity contribution < 1.29 is 9.47 Å². The molecule has 1 aromatic heterocycles. The Morgan fingerprint density at radius 1 is 1.14 bits per heavy atom. The van der Waals surface area contributed by atoms with Crippen molar-refractivity contribution in [1.29, 1.82) is 0 Å². The molecule has 0 aliphatic heterocycles. The summed E-state index contributed by atoms with van der Waals surface area (Å²) in [5, 5.41) is 0. The highest BCUT2D eigenvalue weighted by Crippen LogP contribution is 2.32. The average Bonchev–Trinajstić information content (AvgIpc) is 2.83. The Kier molecular flexibility index (Phi) is 3.73. The van der Waals surface area contributed by atoms with E-state index >= 15 is 0 Å². The summed E-state index contributed by atoms with van der Waals surface area (Å²) in [6.07, 6.45) is 0. The van der Waals surface area contributed by atoms with Crippen molar-refractivity contribution >= 4 is 39.2 Å². The molecule has 3 aromatic rings. The van der Waals surface area contributed by atoms with Gasteiger partial charge in [0.2, 0.25) is 0 Å². The molecule has 0 unspecified atom stereocenters. The average molecular weight is 365 g/mol. The summed E-state index contributed by atoms with van der Waals surface area (Å²) in [6.45, 7) is 0. The Balaban J connectivity index is 2.35. The third-order valence-corrected chi connectivity index (χ3v) is 4.25. The monoisotopic (exact) mass is 364 g/mol. The second-order valence-electron chi connectivity index (χ2n) is 4.44. The molecular formula is C15H13BrN2O2S. The van der Waals surface area contributed by atoms with E-state index in [1.54, 1.807) is 14.2 Å². The molecular weight excluding hydrogens is 352 g/mol. The van der Waals surface area contributed by atoms with Crippen molar-refractivity contribution in [1.82, 2.24) is 9.55 Å². The Morgan fingerprint density at radius 3 is 2.67 bits per heavy atom. The molecule has 0 bridgehead atoms. The van der Waals surface area contributed by atoms with E-state index in [0.717, 1.165) is 32.7 Å². The molecule has 108 valence electrons. The highest BCUT2D eigenvalue weighted by Gasteiger charge is 2.13. The Labute approximate surface area is 135 Å². The summed E-state index contributed by atoms with van der Waals surface area (Å²) in [5.41, 5.74) is 2.74. The number of hydrogen-bond acceptors (Lipinski definition) is 3. The normalized spacial score (nSPS) is 10.8. The van der Waals surface area contributed by atoms with Crippen molar-refractivity contribution in [3.8, 4) is 17.2 Å². The minimum absolute atomic E-state index is 0.600. The fourth-order valence-electron chi connectivity index (χ4n) is 2.30. The Hall–Kier alpha value is -1.79. The number of halogens is 1. The van der Waals surface area contributed by atoms with Crippen LogP contribution in [0.25, 0.3) is 16.7 Å². The maximum atomic E-state index is 5.47. The standard InChI is InChI=1S/C15H13BrN2O2S/c1-19-9-6-7-10(16)12(8-9)18-11-4-3-5-13(20-2)14(11)17-15(18)21/h3-8H,1-2H3,(H,17,21). The minimum Gasteiger partial charge on any atom is -0.497 e. The summed E-state index contributed by atoms with van der Waals surface area (Å²) in [4.78, 5) is 3.20. The summed E-state index contributed by atoms with van der Waals surface area (Å²) in [5.74, 6) is 1.53. The zero-order valence-corrected chi connectivity index (χ0v) is 13.9. The number of methoxy groups -OCH3 is 2. The predicted molar refractivity (Wildman–Crippen MR) is 89.3 cm³/mol. The maximum Gasteiger partial charge on any atom is 0.182 e. The van der Waals surface area contributed by atoms with E-state index in [1.165, 1.54) is 0 Å². The SMILES string of the molecule is COc1ccc(Br)c(-n2c(=S)[nH]c3c(OC)cccc32)c1. The molecule has 0 aliphatic carbocycles. The molecule has 1 N–H and O–H groups in total. The number of nitrogens with zero attached hydrogens (tertiary/aromatic N) is 1. The number of para-hydroxylation sites is 1. The van der Waals surface area contributed by atoms with Crippen LogP contribution in [-0.4, -0.2) is 23.8 Å².